The lowest BCUT2D eigenvalue weighted by atomic mass is 10.3. The quantitative estimate of drug-likeness (QED) is 0.667. The first-order chi connectivity index (χ1) is 8.22. The molecule has 0 saturated heterocycles. The van der Waals surface area contributed by atoms with Gasteiger partial charge in [0.25, 0.3) is 0 Å². The number of thioether (sulfide) groups is 1. The minimum atomic E-state index is 0.654. The minimum absolute atomic E-state index is 0.654. The van der Waals surface area contributed by atoms with E-state index in [4.69, 9.17) is 12.2 Å². The zero-order valence-electron chi connectivity index (χ0n) is 9.61. The van der Waals surface area contributed by atoms with E-state index in [1.807, 2.05) is 25.3 Å². The summed E-state index contributed by atoms with van der Waals surface area (Å²) >= 11 is 8.52. The molecule has 0 aliphatic heterocycles. The van der Waals surface area contributed by atoms with Gasteiger partial charge in [-0.3, -0.25) is 0 Å². The van der Waals surface area contributed by atoms with Crippen molar-refractivity contribution >= 4 is 56.3 Å². The van der Waals surface area contributed by atoms with E-state index >= 15 is 0 Å². The Balaban J connectivity index is 2.21. The number of thiazole rings is 1. The van der Waals surface area contributed by atoms with E-state index in [9.17, 15) is 0 Å². The highest BCUT2D eigenvalue weighted by Gasteiger charge is 2.04. The molecule has 3 nitrogen and oxygen atoms in total. The second kappa shape index (κ2) is 5.66. The third-order valence-corrected chi connectivity index (χ3v) is 4.39. The molecule has 1 aromatic carbocycles. The molecule has 6 heteroatoms. The van der Waals surface area contributed by atoms with Crippen LogP contribution >= 0.6 is 35.3 Å². The average Bonchev–Trinajstić information content (AvgIpc) is 2.71. The molecule has 0 aliphatic rings. The van der Waals surface area contributed by atoms with Crippen molar-refractivity contribution < 1.29 is 0 Å². The van der Waals surface area contributed by atoms with Gasteiger partial charge in [-0.1, -0.05) is 11.8 Å². The number of benzene rings is 1. The first kappa shape index (κ1) is 12.6. The second-order valence-electron chi connectivity index (χ2n) is 3.35. The van der Waals surface area contributed by atoms with Crippen LogP contribution in [-0.4, -0.2) is 22.9 Å². The van der Waals surface area contributed by atoms with Crippen molar-refractivity contribution in [1.82, 2.24) is 10.3 Å². The van der Waals surface area contributed by atoms with Crippen molar-refractivity contribution in [3.8, 4) is 0 Å². The molecule has 0 aliphatic carbocycles. The van der Waals surface area contributed by atoms with Crippen molar-refractivity contribution in [2.24, 2.45) is 0 Å². The van der Waals surface area contributed by atoms with Crippen LogP contribution in [0.2, 0.25) is 0 Å². The van der Waals surface area contributed by atoms with Gasteiger partial charge in [0.15, 0.2) is 9.45 Å². The van der Waals surface area contributed by atoms with Crippen LogP contribution in [0.1, 0.15) is 6.92 Å². The van der Waals surface area contributed by atoms with Gasteiger partial charge in [0, 0.05) is 12.2 Å². The van der Waals surface area contributed by atoms with Gasteiger partial charge in [0.05, 0.1) is 10.2 Å². The van der Waals surface area contributed by atoms with Gasteiger partial charge in [-0.15, -0.1) is 11.3 Å². The van der Waals surface area contributed by atoms with Gasteiger partial charge in [-0.25, -0.2) is 4.98 Å². The Bertz CT molecular complexity index is 536. The number of anilines is 1. The lowest BCUT2D eigenvalue weighted by Gasteiger charge is -2.08. The molecule has 2 N–H and O–H groups in total. The van der Waals surface area contributed by atoms with Gasteiger partial charge < -0.3 is 10.6 Å². The number of hydrogen-bond donors (Lipinski definition) is 2. The van der Waals surface area contributed by atoms with Gasteiger partial charge in [0.1, 0.15) is 0 Å². The molecule has 0 amide bonds. The highest BCUT2D eigenvalue weighted by molar-refractivity contribution is 8.00. The Morgan fingerprint density at radius 1 is 1.53 bits per heavy atom. The van der Waals surface area contributed by atoms with Gasteiger partial charge >= 0.3 is 0 Å². The molecule has 0 atom stereocenters. The summed E-state index contributed by atoms with van der Waals surface area (Å²) in [5, 5.41) is 6.87. The molecular formula is C11H13N3S3. The second-order valence-corrected chi connectivity index (χ2v) is 5.84. The third kappa shape index (κ3) is 3.08. The molecule has 17 heavy (non-hydrogen) atoms. The van der Waals surface area contributed by atoms with Crippen LogP contribution < -0.4 is 10.6 Å². The fraction of sp³-hybridized carbons (Fsp3) is 0.273. The normalized spacial score (nSPS) is 10.5. The summed E-state index contributed by atoms with van der Waals surface area (Å²) in [6.07, 6.45) is 2.04. The summed E-state index contributed by atoms with van der Waals surface area (Å²) in [4.78, 5) is 4.49. The van der Waals surface area contributed by atoms with E-state index in [0.717, 1.165) is 22.1 Å². The van der Waals surface area contributed by atoms with Gasteiger partial charge in [0.2, 0.25) is 0 Å². The Hall–Kier alpha value is -0.850. The number of fused-ring (bicyclic) bond motifs is 1. The maximum absolute atomic E-state index is 5.15. The molecule has 2 aromatic rings. The van der Waals surface area contributed by atoms with E-state index in [-0.39, 0.29) is 0 Å². The predicted molar refractivity (Wildman–Crippen MR) is 81.3 cm³/mol. The Morgan fingerprint density at radius 3 is 3.06 bits per heavy atom. The predicted octanol–water partition coefficient (Wildman–Crippen LogP) is 3.32. The summed E-state index contributed by atoms with van der Waals surface area (Å²) in [5.41, 5.74) is 2.04. The molecule has 0 bridgehead atoms. The molecule has 90 valence electrons. The van der Waals surface area contributed by atoms with E-state index in [2.05, 4.69) is 21.7 Å². The lowest BCUT2D eigenvalue weighted by Crippen LogP contribution is -2.27. The topological polar surface area (TPSA) is 37.0 Å². The zero-order valence-corrected chi connectivity index (χ0v) is 12.1. The average molecular weight is 283 g/mol. The minimum Gasteiger partial charge on any atom is -0.363 e. The highest BCUT2D eigenvalue weighted by atomic mass is 32.2. The summed E-state index contributed by atoms with van der Waals surface area (Å²) in [6, 6.07) is 6.09. The first-order valence-corrected chi connectivity index (χ1v) is 7.67. The van der Waals surface area contributed by atoms with Crippen molar-refractivity contribution in [2.45, 2.75) is 11.3 Å². The van der Waals surface area contributed by atoms with Crippen molar-refractivity contribution in [1.29, 1.82) is 0 Å². The Morgan fingerprint density at radius 2 is 2.35 bits per heavy atom. The molecule has 0 fully saturated rings. The van der Waals surface area contributed by atoms with Crippen LogP contribution in [0.5, 0.6) is 0 Å². The van der Waals surface area contributed by atoms with Crippen LogP contribution in [0.25, 0.3) is 10.2 Å². The Kier molecular flexibility index (Phi) is 4.20. The number of nitrogens with one attached hydrogen (secondary N) is 2. The van der Waals surface area contributed by atoms with E-state index in [1.54, 1.807) is 23.1 Å². The fourth-order valence-corrected chi connectivity index (χ4v) is 3.20. The maximum atomic E-state index is 5.15. The van der Waals surface area contributed by atoms with Crippen LogP contribution in [0.3, 0.4) is 0 Å². The van der Waals surface area contributed by atoms with Crippen LogP contribution in [0, 0.1) is 0 Å². The van der Waals surface area contributed by atoms with Crippen LogP contribution in [-0.2, 0) is 0 Å². The number of thiocarbonyl (C=S) groups is 1. The third-order valence-electron chi connectivity index (χ3n) is 2.14. The number of nitrogens with zero attached hydrogens (tertiary/aromatic N) is 1. The van der Waals surface area contributed by atoms with Crippen molar-refractivity contribution in [2.75, 3.05) is 18.1 Å². The highest BCUT2D eigenvalue weighted by Crippen LogP contribution is 2.29. The van der Waals surface area contributed by atoms with Crippen LogP contribution in [0.4, 0.5) is 5.69 Å². The lowest BCUT2D eigenvalue weighted by molar-refractivity contribution is 0.979. The van der Waals surface area contributed by atoms with Crippen molar-refractivity contribution in [3.05, 3.63) is 18.2 Å². The van der Waals surface area contributed by atoms with Gasteiger partial charge in [-0.05, 0) is 43.6 Å². The summed E-state index contributed by atoms with van der Waals surface area (Å²) in [5.74, 6) is 0. The molecule has 1 heterocycles. The SMILES string of the molecule is CCNC(=S)Nc1ccc2nc(SC)sc2c1. The smallest absolute Gasteiger partial charge is 0.170 e. The summed E-state index contributed by atoms with van der Waals surface area (Å²) < 4.78 is 2.27. The molecule has 1 aromatic heterocycles. The zero-order chi connectivity index (χ0) is 12.3. The number of aromatic nitrogens is 1. The van der Waals surface area contributed by atoms with Crippen LogP contribution in [0.15, 0.2) is 22.5 Å². The summed E-state index contributed by atoms with van der Waals surface area (Å²) in [7, 11) is 0. The fourth-order valence-electron chi connectivity index (χ4n) is 1.40. The molecule has 0 spiro atoms. The first-order valence-electron chi connectivity index (χ1n) is 5.22. The van der Waals surface area contributed by atoms with E-state index in [1.165, 1.54) is 4.70 Å². The molecular weight excluding hydrogens is 270 g/mol. The molecule has 2 rings (SSSR count). The molecule has 0 unspecified atom stereocenters. The monoisotopic (exact) mass is 283 g/mol. The van der Waals surface area contributed by atoms with E-state index in [0.29, 0.717) is 5.11 Å². The molecule has 0 saturated carbocycles. The number of rotatable bonds is 3. The standard InChI is InChI=1S/C11H13N3S3/c1-3-12-10(15)13-7-4-5-8-9(6-7)17-11(14-8)16-2/h4-6H,3H2,1-2H3,(H2,12,13,15). The Labute approximate surface area is 114 Å². The largest absolute Gasteiger partial charge is 0.363 e. The number of hydrogen-bond acceptors (Lipinski definition) is 4. The maximum Gasteiger partial charge on any atom is 0.170 e. The van der Waals surface area contributed by atoms with Crippen molar-refractivity contribution in [3.63, 3.8) is 0 Å². The molecule has 0 radical (unpaired) electrons. The van der Waals surface area contributed by atoms with E-state index < -0.39 is 0 Å². The van der Waals surface area contributed by atoms with Gasteiger partial charge in [-0.2, -0.15) is 0 Å². The summed E-state index contributed by atoms with van der Waals surface area (Å²) in [6.45, 7) is 2.84.